The van der Waals surface area contributed by atoms with Crippen molar-refractivity contribution in [3.63, 3.8) is 0 Å². The normalized spacial score (nSPS) is 11.5. The van der Waals surface area contributed by atoms with Crippen LogP contribution >= 0.6 is 11.8 Å². The van der Waals surface area contributed by atoms with E-state index in [2.05, 4.69) is 15.1 Å². The van der Waals surface area contributed by atoms with Gasteiger partial charge < -0.3 is 4.74 Å². The number of aryl methyl sites for hydroxylation is 1. The standard InChI is InChI=1S/C14H18N4O2S/c1-9-10(11-6-7-15-13(16-11)21-5)8-18(17-9)14(2,3)12(19)20-4/h6-8H,1-5H3. The fraction of sp³-hybridized carbons (Fsp3) is 0.429. The van der Waals surface area contributed by atoms with Crippen LogP contribution in [0.4, 0.5) is 0 Å². The fourth-order valence-electron chi connectivity index (χ4n) is 1.93. The third kappa shape index (κ3) is 2.92. The minimum absolute atomic E-state index is 0.343. The van der Waals surface area contributed by atoms with Gasteiger partial charge >= 0.3 is 5.97 Å². The number of methoxy groups -OCH3 is 1. The van der Waals surface area contributed by atoms with Gasteiger partial charge in [-0.3, -0.25) is 4.68 Å². The Bertz CT molecular complexity index is 667. The predicted octanol–water partition coefficient (Wildman–Crippen LogP) is 2.28. The van der Waals surface area contributed by atoms with Crippen LogP contribution in [0.2, 0.25) is 0 Å². The fourth-order valence-corrected chi connectivity index (χ4v) is 2.29. The SMILES string of the molecule is COC(=O)C(C)(C)n1cc(-c2ccnc(SC)n2)c(C)n1. The van der Waals surface area contributed by atoms with Gasteiger partial charge in [-0.2, -0.15) is 5.10 Å². The van der Waals surface area contributed by atoms with Gasteiger partial charge in [0, 0.05) is 18.0 Å². The summed E-state index contributed by atoms with van der Waals surface area (Å²) in [6, 6.07) is 1.83. The Balaban J connectivity index is 2.46. The van der Waals surface area contributed by atoms with E-state index in [-0.39, 0.29) is 5.97 Å². The lowest BCUT2D eigenvalue weighted by Gasteiger charge is -2.21. The summed E-state index contributed by atoms with van der Waals surface area (Å²) in [5.74, 6) is -0.343. The Kier molecular flexibility index (Phi) is 4.32. The minimum Gasteiger partial charge on any atom is -0.467 e. The first-order valence-corrected chi connectivity index (χ1v) is 7.65. The van der Waals surface area contributed by atoms with Crippen LogP contribution in [-0.2, 0) is 15.1 Å². The lowest BCUT2D eigenvalue weighted by atomic mass is 10.1. The Morgan fingerprint density at radius 3 is 2.76 bits per heavy atom. The summed E-state index contributed by atoms with van der Waals surface area (Å²) in [7, 11) is 1.37. The second-order valence-corrected chi connectivity index (χ2v) is 5.83. The van der Waals surface area contributed by atoms with Crippen LogP contribution in [0.3, 0.4) is 0 Å². The molecule has 0 aliphatic rings. The highest BCUT2D eigenvalue weighted by molar-refractivity contribution is 7.98. The second-order valence-electron chi connectivity index (χ2n) is 5.05. The van der Waals surface area contributed by atoms with Crippen LogP contribution in [0.15, 0.2) is 23.6 Å². The maximum absolute atomic E-state index is 11.9. The van der Waals surface area contributed by atoms with Crippen molar-refractivity contribution < 1.29 is 9.53 Å². The zero-order valence-corrected chi connectivity index (χ0v) is 13.6. The molecule has 0 radical (unpaired) electrons. The monoisotopic (exact) mass is 306 g/mol. The number of nitrogens with zero attached hydrogens (tertiary/aromatic N) is 4. The molecule has 0 spiro atoms. The molecule has 0 fully saturated rings. The molecule has 2 rings (SSSR count). The number of aromatic nitrogens is 4. The van der Waals surface area contributed by atoms with E-state index in [4.69, 9.17) is 4.74 Å². The summed E-state index contributed by atoms with van der Waals surface area (Å²) in [6.07, 6.45) is 5.46. The Hall–Kier alpha value is -1.89. The molecule has 0 saturated heterocycles. The van der Waals surface area contributed by atoms with Gasteiger partial charge in [-0.25, -0.2) is 14.8 Å². The zero-order chi connectivity index (χ0) is 15.6. The van der Waals surface area contributed by atoms with Crippen LogP contribution in [0, 0.1) is 6.92 Å². The van der Waals surface area contributed by atoms with E-state index >= 15 is 0 Å². The molecular weight excluding hydrogens is 288 g/mol. The first-order chi connectivity index (χ1) is 9.90. The summed E-state index contributed by atoms with van der Waals surface area (Å²) < 4.78 is 6.45. The van der Waals surface area contributed by atoms with E-state index in [1.807, 2.05) is 25.4 Å². The Labute approximate surface area is 127 Å². The van der Waals surface area contributed by atoms with Crippen molar-refractivity contribution in [3.05, 3.63) is 24.2 Å². The smallest absolute Gasteiger partial charge is 0.333 e. The number of thioether (sulfide) groups is 1. The number of rotatable bonds is 4. The molecule has 2 aromatic rings. The van der Waals surface area contributed by atoms with E-state index in [0.717, 1.165) is 17.0 Å². The molecule has 0 saturated carbocycles. The lowest BCUT2D eigenvalue weighted by Crippen LogP contribution is -2.37. The van der Waals surface area contributed by atoms with Crippen LogP contribution in [0.1, 0.15) is 19.5 Å². The van der Waals surface area contributed by atoms with Gasteiger partial charge in [0.2, 0.25) is 0 Å². The van der Waals surface area contributed by atoms with E-state index < -0.39 is 5.54 Å². The summed E-state index contributed by atoms with van der Waals surface area (Å²) in [6.45, 7) is 5.42. The lowest BCUT2D eigenvalue weighted by molar-refractivity contribution is -0.150. The second kappa shape index (κ2) is 5.85. The minimum atomic E-state index is -0.868. The average Bonchev–Trinajstić information content (AvgIpc) is 2.89. The third-order valence-corrected chi connectivity index (χ3v) is 3.81. The molecule has 7 heteroatoms. The number of esters is 1. The van der Waals surface area contributed by atoms with Crippen molar-refractivity contribution >= 4 is 17.7 Å². The number of carbonyl (C=O) groups excluding carboxylic acids is 1. The molecular formula is C14H18N4O2S. The molecule has 0 aromatic carbocycles. The van der Waals surface area contributed by atoms with Crippen LogP contribution in [-0.4, -0.2) is 39.1 Å². The average molecular weight is 306 g/mol. The topological polar surface area (TPSA) is 69.9 Å². The summed E-state index contributed by atoms with van der Waals surface area (Å²) in [5.41, 5.74) is 1.61. The predicted molar refractivity (Wildman–Crippen MR) is 81.1 cm³/mol. The molecule has 0 bridgehead atoms. The highest BCUT2D eigenvalue weighted by atomic mass is 32.2. The number of carbonyl (C=O) groups is 1. The van der Waals surface area contributed by atoms with E-state index in [1.165, 1.54) is 18.9 Å². The first-order valence-electron chi connectivity index (χ1n) is 6.42. The number of hydrogen-bond acceptors (Lipinski definition) is 6. The summed E-state index contributed by atoms with van der Waals surface area (Å²) in [5, 5.41) is 5.13. The van der Waals surface area contributed by atoms with E-state index in [9.17, 15) is 4.79 Å². The third-order valence-electron chi connectivity index (χ3n) is 3.25. The Morgan fingerprint density at radius 1 is 1.43 bits per heavy atom. The summed E-state index contributed by atoms with van der Waals surface area (Å²) in [4.78, 5) is 20.5. The molecule has 0 N–H and O–H groups in total. The molecule has 2 aromatic heterocycles. The maximum atomic E-state index is 11.9. The zero-order valence-electron chi connectivity index (χ0n) is 12.7. The number of hydrogen-bond donors (Lipinski definition) is 0. The summed E-state index contributed by atoms with van der Waals surface area (Å²) >= 11 is 1.48. The highest BCUT2D eigenvalue weighted by Gasteiger charge is 2.32. The molecule has 6 nitrogen and oxygen atoms in total. The molecule has 0 amide bonds. The van der Waals surface area contributed by atoms with Crippen molar-refractivity contribution in [2.75, 3.05) is 13.4 Å². The van der Waals surface area contributed by atoms with Gasteiger partial charge in [-0.05, 0) is 33.1 Å². The van der Waals surface area contributed by atoms with Gasteiger partial charge in [0.25, 0.3) is 0 Å². The van der Waals surface area contributed by atoms with Crippen molar-refractivity contribution in [3.8, 4) is 11.3 Å². The van der Waals surface area contributed by atoms with Gasteiger partial charge in [0.15, 0.2) is 10.7 Å². The van der Waals surface area contributed by atoms with Gasteiger partial charge in [-0.1, -0.05) is 11.8 Å². The molecule has 0 unspecified atom stereocenters. The van der Waals surface area contributed by atoms with Gasteiger partial charge in [0.05, 0.1) is 18.5 Å². The molecule has 2 heterocycles. The van der Waals surface area contributed by atoms with Gasteiger partial charge in [-0.15, -0.1) is 0 Å². The van der Waals surface area contributed by atoms with Crippen molar-refractivity contribution in [2.45, 2.75) is 31.5 Å². The molecule has 0 aliphatic heterocycles. The number of ether oxygens (including phenoxy) is 1. The maximum Gasteiger partial charge on any atom is 0.333 e. The largest absolute Gasteiger partial charge is 0.467 e. The molecule has 21 heavy (non-hydrogen) atoms. The van der Waals surface area contributed by atoms with Crippen molar-refractivity contribution in [1.82, 2.24) is 19.7 Å². The van der Waals surface area contributed by atoms with E-state index in [0.29, 0.717) is 5.16 Å². The Morgan fingerprint density at radius 2 is 2.14 bits per heavy atom. The molecule has 112 valence electrons. The van der Waals surface area contributed by atoms with Gasteiger partial charge in [0.1, 0.15) is 0 Å². The van der Waals surface area contributed by atoms with Crippen LogP contribution < -0.4 is 0 Å². The molecule has 0 atom stereocenters. The van der Waals surface area contributed by atoms with Crippen molar-refractivity contribution in [1.29, 1.82) is 0 Å². The van der Waals surface area contributed by atoms with Crippen molar-refractivity contribution in [2.24, 2.45) is 0 Å². The van der Waals surface area contributed by atoms with Crippen LogP contribution in [0.25, 0.3) is 11.3 Å². The van der Waals surface area contributed by atoms with E-state index in [1.54, 1.807) is 24.7 Å². The first kappa shape index (κ1) is 15.5. The highest BCUT2D eigenvalue weighted by Crippen LogP contribution is 2.25. The molecule has 0 aliphatic carbocycles. The van der Waals surface area contributed by atoms with Crippen LogP contribution in [0.5, 0.6) is 0 Å². The quantitative estimate of drug-likeness (QED) is 0.490.